The van der Waals surface area contributed by atoms with Gasteiger partial charge in [-0.25, -0.2) is 0 Å². The fraction of sp³-hybridized carbons (Fsp3) is 0.571. The second kappa shape index (κ2) is 20.6. The molecule has 168 valence electrons. The summed E-state index contributed by atoms with van der Waals surface area (Å²) in [6.07, 6.45) is 17.3. The second-order valence-electron chi connectivity index (χ2n) is 8.25. The van der Waals surface area contributed by atoms with Crippen molar-refractivity contribution < 1.29 is 29.7 Å². The molecule has 0 amide bonds. The first-order chi connectivity index (χ1) is 14.7. The van der Waals surface area contributed by atoms with Crippen molar-refractivity contribution in [2.75, 3.05) is 0 Å². The summed E-state index contributed by atoms with van der Waals surface area (Å²) in [7, 11) is 0. The molecule has 0 heterocycles. The normalized spacial score (nSPS) is 10.1. The van der Waals surface area contributed by atoms with Gasteiger partial charge in [0.15, 0.2) is 0 Å². The molecule has 0 radical (unpaired) electrons. The Kier molecular flexibility index (Phi) is 19.7. The monoisotopic (exact) mass is 474 g/mol. The van der Waals surface area contributed by atoms with E-state index in [1.54, 1.807) is 12.1 Å². The second-order valence-corrected chi connectivity index (χ2v) is 8.25. The van der Waals surface area contributed by atoms with Crippen LogP contribution in [0.3, 0.4) is 0 Å². The van der Waals surface area contributed by atoms with E-state index in [9.17, 15) is 10.2 Å². The minimum atomic E-state index is 0. The average molecular weight is 476 g/mol. The molecule has 0 unspecified atom stereocenters. The fourth-order valence-corrected chi connectivity index (χ4v) is 3.61. The van der Waals surface area contributed by atoms with E-state index in [1.807, 2.05) is 36.4 Å². The molecule has 0 fully saturated rings. The third-order valence-electron chi connectivity index (χ3n) is 5.54. The summed E-state index contributed by atoms with van der Waals surface area (Å²) in [5, 5.41) is 22.8. The van der Waals surface area contributed by atoms with Crippen molar-refractivity contribution in [3.8, 4) is 11.5 Å². The van der Waals surface area contributed by atoms with E-state index in [2.05, 4.69) is 13.8 Å². The van der Waals surface area contributed by atoms with E-state index < -0.39 is 0 Å². The van der Waals surface area contributed by atoms with Crippen molar-refractivity contribution in [1.29, 1.82) is 0 Å². The van der Waals surface area contributed by atoms with E-state index in [1.165, 1.54) is 64.2 Å². The zero-order valence-corrected chi connectivity index (χ0v) is 23.0. The Balaban J connectivity index is 0.000000562. The molecular weight excluding hydrogens is 434 g/mol. The number of hydrogen-bond acceptors (Lipinski definition) is 2. The zero-order valence-electron chi connectivity index (χ0n) is 20.0. The predicted molar refractivity (Wildman–Crippen MR) is 126 cm³/mol. The number of aryl methyl sites for hydroxylation is 2. The van der Waals surface area contributed by atoms with E-state index >= 15 is 0 Å². The molecule has 2 aromatic carbocycles. The molecule has 0 saturated carbocycles. The predicted octanol–water partition coefficient (Wildman–Crippen LogP) is 7.32. The van der Waals surface area contributed by atoms with Gasteiger partial charge >= 0.3 is 19.5 Å². The van der Waals surface area contributed by atoms with Crippen molar-refractivity contribution in [3.05, 3.63) is 59.7 Å². The van der Waals surface area contributed by atoms with Crippen LogP contribution in [0.15, 0.2) is 48.5 Å². The van der Waals surface area contributed by atoms with Gasteiger partial charge in [0, 0.05) is 0 Å². The van der Waals surface area contributed by atoms with E-state index in [4.69, 9.17) is 0 Å². The minimum absolute atomic E-state index is 0. The van der Waals surface area contributed by atoms with Gasteiger partial charge in [-0.3, -0.25) is 0 Å². The van der Waals surface area contributed by atoms with E-state index in [0.717, 1.165) is 36.8 Å². The Morgan fingerprint density at radius 2 is 0.806 bits per heavy atom. The number of benzene rings is 2. The molecule has 0 aliphatic rings. The molecule has 0 aromatic heterocycles. The molecule has 0 aliphatic heterocycles. The fourth-order valence-electron chi connectivity index (χ4n) is 3.61. The summed E-state index contributed by atoms with van der Waals surface area (Å²) in [5.41, 5.74) is 1.96. The molecule has 0 spiro atoms. The van der Waals surface area contributed by atoms with Crippen LogP contribution in [0.4, 0.5) is 0 Å². The molecule has 0 bridgehead atoms. The van der Waals surface area contributed by atoms with Crippen LogP contribution >= 0.6 is 0 Å². The maximum Gasteiger partial charge on any atom is 2.00 e. The van der Waals surface area contributed by atoms with Gasteiger partial charge in [0.25, 0.3) is 0 Å². The Labute approximate surface area is 204 Å². The summed E-state index contributed by atoms with van der Waals surface area (Å²) in [6.45, 7) is 4.46. The smallest absolute Gasteiger partial charge is 0.872 e. The van der Waals surface area contributed by atoms with Crippen LogP contribution in [0.1, 0.15) is 102 Å². The first-order valence-electron chi connectivity index (χ1n) is 12.2. The van der Waals surface area contributed by atoms with Gasteiger partial charge in [0.2, 0.25) is 0 Å². The average Bonchev–Trinajstić information content (AvgIpc) is 2.76. The van der Waals surface area contributed by atoms with Gasteiger partial charge in [-0.1, -0.05) is 138 Å². The Morgan fingerprint density at radius 1 is 0.484 bits per heavy atom. The first kappa shape index (κ1) is 29.7. The molecule has 2 rings (SSSR count). The van der Waals surface area contributed by atoms with Crippen LogP contribution in [-0.4, -0.2) is 0 Å². The molecule has 3 heteroatoms. The Hall–Kier alpha value is -1.34. The van der Waals surface area contributed by atoms with Crippen LogP contribution in [0.2, 0.25) is 0 Å². The Bertz CT molecular complexity index is 599. The van der Waals surface area contributed by atoms with Crippen molar-refractivity contribution in [1.82, 2.24) is 0 Å². The SMILES string of the molecule is CCCCCCCCc1ccccc1[O-].CCCCCCCCc1ccccc1[O-].[Zn+2]. The van der Waals surface area contributed by atoms with E-state index in [-0.39, 0.29) is 31.0 Å². The van der Waals surface area contributed by atoms with Crippen LogP contribution in [0, 0.1) is 0 Å². The third kappa shape index (κ3) is 15.2. The molecule has 0 N–H and O–H groups in total. The van der Waals surface area contributed by atoms with Gasteiger partial charge < -0.3 is 10.2 Å². The molecule has 31 heavy (non-hydrogen) atoms. The quantitative estimate of drug-likeness (QED) is 0.212. The topological polar surface area (TPSA) is 46.1 Å². The molecular formula is C28H42O2Zn. The van der Waals surface area contributed by atoms with Gasteiger partial charge in [0.1, 0.15) is 0 Å². The standard InChI is InChI=1S/2C14H22O.Zn/c2*1-2-3-4-5-6-7-10-13-11-8-9-12-14(13)15;/h2*8-9,11-12,15H,2-7,10H2,1H3;/q;;+2/p-2. The van der Waals surface area contributed by atoms with Crippen molar-refractivity contribution >= 4 is 0 Å². The molecule has 0 aliphatic carbocycles. The largest absolute Gasteiger partial charge is 2.00 e. The Morgan fingerprint density at radius 3 is 1.16 bits per heavy atom. The zero-order chi connectivity index (χ0) is 21.9. The van der Waals surface area contributed by atoms with Crippen LogP contribution < -0.4 is 10.2 Å². The third-order valence-corrected chi connectivity index (χ3v) is 5.54. The first-order valence-corrected chi connectivity index (χ1v) is 12.2. The van der Waals surface area contributed by atoms with Crippen molar-refractivity contribution in [3.63, 3.8) is 0 Å². The van der Waals surface area contributed by atoms with Crippen molar-refractivity contribution in [2.24, 2.45) is 0 Å². The van der Waals surface area contributed by atoms with Crippen molar-refractivity contribution in [2.45, 2.75) is 104 Å². The maximum absolute atomic E-state index is 11.4. The number of rotatable bonds is 14. The number of para-hydroxylation sites is 2. The molecule has 0 atom stereocenters. The van der Waals surface area contributed by atoms with Crippen LogP contribution in [0.25, 0.3) is 0 Å². The number of hydrogen-bond donors (Lipinski definition) is 0. The van der Waals surface area contributed by atoms with Crippen LogP contribution in [-0.2, 0) is 32.3 Å². The summed E-state index contributed by atoms with van der Waals surface area (Å²) in [6, 6.07) is 14.8. The molecule has 0 saturated heterocycles. The minimum Gasteiger partial charge on any atom is -0.872 e. The van der Waals surface area contributed by atoms with E-state index in [0.29, 0.717) is 0 Å². The summed E-state index contributed by atoms with van der Waals surface area (Å²) >= 11 is 0. The van der Waals surface area contributed by atoms with Gasteiger partial charge in [-0.05, 0) is 25.7 Å². The number of unbranched alkanes of at least 4 members (excludes halogenated alkanes) is 10. The molecule has 2 aromatic rings. The van der Waals surface area contributed by atoms with Gasteiger partial charge in [0.05, 0.1) is 0 Å². The summed E-state index contributed by atoms with van der Waals surface area (Å²) in [4.78, 5) is 0. The van der Waals surface area contributed by atoms with Crippen LogP contribution in [0.5, 0.6) is 11.5 Å². The summed E-state index contributed by atoms with van der Waals surface area (Å²) in [5.74, 6) is 0.400. The molecule has 2 nitrogen and oxygen atoms in total. The maximum atomic E-state index is 11.4. The van der Waals surface area contributed by atoms with Gasteiger partial charge in [-0.2, -0.15) is 0 Å². The van der Waals surface area contributed by atoms with Gasteiger partial charge in [-0.15, -0.1) is 11.5 Å². The summed E-state index contributed by atoms with van der Waals surface area (Å²) < 4.78 is 0.